The molecule has 2 atom stereocenters. The lowest BCUT2D eigenvalue weighted by Crippen LogP contribution is -2.54. The van der Waals surface area contributed by atoms with Gasteiger partial charge in [-0.25, -0.2) is 14.4 Å². The lowest BCUT2D eigenvalue weighted by molar-refractivity contribution is 0.403. The standard InChI is InChI=1S/C14H16ClN7/c1-8-6-21(7-9(2)17-8)14-20-19-12-5-16-10-3-4-11(15)18-13(10)22(12)14/h3-5,8-9,17H,6-7H2,1-2H3/t8-,9+. The third-order valence-electron chi connectivity index (χ3n) is 3.86. The van der Waals surface area contributed by atoms with Crippen molar-refractivity contribution < 1.29 is 0 Å². The first-order valence-electron chi connectivity index (χ1n) is 7.29. The minimum absolute atomic E-state index is 0.390. The van der Waals surface area contributed by atoms with Crippen LogP contribution >= 0.6 is 11.6 Å². The highest BCUT2D eigenvalue weighted by molar-refractivity contribution is 6.29. The van der Waals surface area contributed by atoms with Gasteiger partial charge in [-0.15, -0.1) is 10.2 Å². The van der Waals surface area contributed by atoms with E-state index in [0.717, 1.165) is 24.6 Å². The van der Waals surface area contributed by atoms with E-state index in [0.29, 0.717) is 28.5 Å². The lowest BCUT2D eigenvalue weighted by atomic mass is 10.1. The number of piperazine rings is 1. The fourth-order valence-corrected chi connectivity index (χ4v) is 3.22. The molecule has 0 unspecified atom stereocenters. The Morgan fingerprint density at radius 1 is 1.18 bits per heavy atom. The van der Waals surface area contributed by atoms with E-state index in [1.54, 1.807) is 12.3 Å². The van der Waals surface area contributed by atoms with Crippen molar-refractivity contribution in [3.8, 4) is 0 Å². The molecule has 0 aromatic carbocycles. The van der Waals surface area contributed by atoms with Crippen LogP contribution in [0.5, 0.6) is 0 Å². The molecule has 114 valence electrons. The zero-order chi connectivity index (χ0) is 15.3. The number of nitrogens with zero attached hydrogens (tertiary/aromatic N) is 6. The van der Waals surface area contributed by atoms with E-state index in [1.807, 2.05) is 10.5 Å². The summed E-state index contributed by atoms with van der Waals surface area (Å²) in [5.41, 5.74) is 2.13. The molecule has 4 heterocycles. The van der Waals surface area contributed by atoms with Crippen LogP contribution in [0.15, 0.2) is 18.3 Å². The smallest absolute Gasteiger partial charge is 0.233 e. The Bertz CT molecular complexity index is 836. The molecule has 1 fully saturated rings. The Labute approximate surface area is 132 Å². The maximum absolute atomic E-state index is 6.05. The molecular weight excluding hydrogens is 302 g/mol. The van der Waals surface area contributed by atoms with Crippen LogP contribution in [0.25, 0.3) is 16.8 Å². The number of rotatable bonds is 1. The second-order valence-electron chi connectivity index (χ2n) is 5.80. The van der Waals surface area contributed by atoms with Crippen LogP contribution < -0.4 is 10.2 Å². The SMILES string of the molecule is C[C@@H]1CN(c2nnc3cnc4ccc(Cl)nc4n23)C[C@H](C)N1. The highest BCUT2D eigenvalue weighted by Crippen LogP contribution is 2.22. The first-order valence-corrected chi connectivity index (χ1v) is 7.67. The normalized spacial score (nSPS) is 22.6. The summed E-state index contributed by atoms with van der Waals surface area (Å²) in [6.45, 7) is 6.08. The summed E-state index contributed by atoms with van der Waals surface area (Å²) < 4.78 is 1.93. The summed E-state index contributed by atoms with van der Waals surface area (Å²) in [7, 11) is 0. The van der Waals surface area contributed by atoms with Crippen molar-refractivity contribution in [1.29, 1.82) is 0 Å². The molecule has 0 saturated carbocycles. The zero-order valence-corrected chi connectivity index (χ0v) is 13.1. The maximum Gasteiger partial charge on any atom is 0.233 e. The number of aromatic nitrogens is 5. The van der Waals surface area contributed by atoms with Crippen LogP contribution in [0.4, 0.5) is 5.95 Å². The molecule has 3 aromatic heterocycles. The molecule has 3 aromatic rings. The van der Waals surface area contributed by atoms with E-state index in [9.17, 15) is 0 Å². The summed E-state index contributed by atoms with van der Waals surface area (Å²) in [6, 6.07) is 4.38. The molecule has 22 heavy (non-hydrogen) atoms. The van der Waals surface area contributed by atoms with Crippen molar-refractivity contribution in [3.63, 3.8) is 0 Å². The van der Waals surface area contributed by atoms with E-state index < -0.39 is 0 Å². The van der Waals surface area contributed by atoms with Gasteiger partial charge < -0.3 is 10.2 Å². The van der Waals surface area contributed by atoms with Gasteiger partial charge in [0, 0.05) is 25.2 Å². The number of hydrogen-bond acceptors (Lipinski definition) is 6. The molecular formula is C14H16ClN7. The Balaban J connectivity index is 1.92. The summed E-state index contributed by atoms with van der Waals surface area (Å²) >= 11 is 6.05. The number of hydrogen-bond donors (Lipinski definition) is 1. The molecule has 0 amide bonds. The molecule has 1 N–H and O–H groups in total. The first kappa shape index (κ1) is 13.7. The fraction of sp³-hybridized carbons (Fsp3) is 0.429. The summed E-state index contributed by atoms with van der Waals surface area (Å²) in [4.78, 5) is 11.0. The van der Waals surface area contributed by atoms with Gasteiger partial charge in [0.25, 0.3) is 0 Å². The van der Waals surface area contributed by atoms with Crippen LogP contribution in [-0.2, 0) is 0 Å². The molecule has 1 saturated heterocycles. The van der Waals surface area contributed by atoms with Crippen molar-refractivity contribution >= 4 is 34.4 Å². The van der Waals surface area contributed by atoms with Crippen LogP contribution in [0.3, 0.4) is 0 Å². The first-order chi connectivity index (χ1) is 10.6. The van der Waals surface area contributed by atoms with E-state index >= 15 is 0 Å². The molecule has 1 aliphatic heterocycles. The Hall–Kier alpha value is -1.99. The Morgan fingerprint density at radius 2 is 1.95 bits per heavy atom. The predicted octanol–water partition coefficient (Wildman–Crippen LogP) is 1.51. The minimum atomic E-state index is 0.390. The van der Waals surface area contributed by atoms with Crippen molar-refractivity contribution in [2.75, 3.05) is 18.0 Å². The van der Waals surface area contributed by atoms with Crippen LogP contribution in [-0.4, -0.2) is 49.7 Å². The molecule has 8 heteroatoms. The van der Waals surface area contributed by atoms with Gasteiger partial charge in [-0.05, 0) is 26.0 Å². The van der Waals surface area contributed by atoms with E-state index in [-0.39, 0.29) is 0 Å². The lowest BCUT2D eigenvalue weighted by Gasteiger charge is -2.36. The molecule has 7 nitrogen and oxygen atoms in total. The quantitative estimate of drug-likeness (QED) is 0.686. The zero-order valence-electron chi connectivity index (χ0n) is 12.4. The third-order valence-corrected chi connectivity index (χ3v) is 4.07. The molecule has 0 bridgehead atoms. The number of anilines is 1. The van der Waals surface area contributed by atoms with Gasteiger partial charge in [0.1, 0.15) is 10.7 Å². The second-order valence-corrected chi connectivity index (χ2v) is 6.19. The van der Waals surface area contributed by atoms with Crippen LogP contribution in [0, 0.1) is 0 Å². The van der Waals surface area contributed by atoms with Crippen LogP contribution in [0.1, 0.15) is 13.8 Å². The summed E-state index contributed by atoms with van der Waals surface area (Å²) in [5.74, 6) is 0.789. The number of nitrogens with one attached hydrogen (secondary N) is 1. The maximum atomic E-state index is 6.05. The molecule has 0 radical (unpaired) electrons. The van der Waals surface area contributed by atoms with Gasteiger partial charge in [0.2, 0.25) is 5.95 Å². The van der Waals surface area contributed by atoms with Crippen LogP contribution in [0.2, 0.25) is 5.15 Å². The monoisotopic (exact) mass is 317 g/mol. The van der Waals surface area contributed by atoms with Gasteiger partial charge in [-0.2, -0.15) is 0 Å². The highest BCUT2D eigenvalue weighted by atomic mass is 35.5. The van der Waals surface area contributed by atoms with Crippen molar-refractivity contribution in [1.82, 2.24) is 29.9 Å². The average Bonchev–Trinajstić information content (AvgIpc) is 2.90. The van der Waals surface area contributed by atoms with Crippen molar-refractivity contribution in [3.05, 3.63) is 23.5 Å². The number of halogens is 1. The Kier molecular flexibility index (Phi) is 3.12. The van der Waals surface area contributed by atoms with E-state index in [1.165, 1.54) is 0 Å². The highest BCUT2D eigenvalue weighted by Gasteiger charge is 2.25. The summed E-state index contributed by atoms with van der Waals surface area (Å²) in [6.07, 6.45) is 1.71. The van der Waals surface area contributed by atoms with Gasteiger partial charge in [-0.3, -0.25) is 0 Å². The summed E-state index contributed by atoms with van der Waals surface area (Å²) in [5, 5.41) is 12.5. The van der Waals surface area contributed by atoms with Gasteiger partial charge in [0.15, 0.2) is 11.3 Å². The Morgan fingerprint density at radius 3 is 2.73 bits per heavy atom. The van der Waals surface area contributed by atoms with Gasteiger partial charge in [-0.1, -0.05) is 11.6 Å². The second kappa shape index (κ2) is 5.03. The molecule has 0 aliphatic carbocycles. The van der Waals surface area contributed by atoms with E-state index in [2.05, 4.69) is 44.2 Å². The number of pyridine rings is 1. The van der Waals surface area contributed by atoms with E-state index in [4.69, 9.17) is 11.6 Å². The number of fused-ring (bicyclic) bond motifs is 3. The van der Waals surface area contributed by atoms with Gasteiger partial charge >= 0.3 is 0 Å². The van der Waals surface area contributed by atoms with Gasteiger partial charge in [0.05, 0.1) is 6.20 Å². The molecule has 4 rings (SSSR count). The average molecular weight is 318 g/mol. The third kappa shape index (κ3) is 2.17. The van der Waals surface area contributed by atoms with Crippen molar-refractivity contribution in [2.24, 2.45) is 0 Å². The largest absolute Gasteiger partial charge is 0.337 e. The van der Waals surface area contributed by atoms with Crippen molar-refractivity contribution in [2.45, 2.75) is 25.9 Å². The fourth-order valence-electron chi connectivity index (χ4n) is 3.08. The molecule has 0 spiro atoms. The predicted molar refractivity (Wildman–Crippen MR) is 85.4 cm³/mol. The molecule has 1 aliphatic rings. The topological polar surface area (TPSA) is 71.2 Å². The minimum Gasteiger partial charge on any atom is -0.337 e.